The van der Waals surface area contributed by atoms with E-state index in [0.29, 0.717) is 18.4 Å². The topological polar surface area (TPSA) is 71.3 Å². The Morgan fingerprint density at radius 2 is 1.90 bits per heavy atom. The van der Waals surface area contributed by atoms with Gasteiger partial charge in [0.05, 0.1) is 6.10 Å². The van der Waals surface area contributed by atoms with Crippen molar-refractivity contribution >= 4 is 12.0 Å². The van der Waals surface area contributed by atoms with Crippen molar-refractivity contribution in [3.8, 4) is 17.6 Å². The van der Waals surface area contributed by atoms with Crippen LogP contribution >= 0.6 is 0 Å². The number of rotatable bonds is 8. The summed E-state index contributed by atoms with van der Waals surface area (Å²) in [5, 5.41) is 11.4. The molecule has 150 valence electrons. The van der Waals surface area contributed by atoms with Crippen LogP contribution in [0.5, 0.6) is 11.5 Å². The van der Waals surface area contributed by atoms with Crippen LogP contribution in [0.2, 0.25) is 0 Å². The molecule has 5 nitrogen and oxygen atoms in total. The van der Waals surface area contributed by atoms with Gasteiger partial charge in [-0.1, -0.05) is 30.7 Å². The van der Waals surface area contributed by atoms with E-state index in [1.54, 1.807) is 18.2 Å². The standard InChI is InChI=1S/C24H26N2O3/c25-15-16-28-21-12-9-19(10-13-21)11-14-24(27)26-18-20-5-4-8-23(17-20)29-22-6-2-1-3-7-22/h4-5,8-14,17,22H,1-3,6-7,16,18H2,(H,26,27)/b14-11+. The summed E-state index contributed by atoms with van der Waals surface area (Å²) in [6.45, 7) is 0.469. The predicted molar refractivity (Wildman–Crippen MR) is 112 cm³/mol. The minimum absolute atomic E-state index is 0.0183. The Balaban J connectivity index is 1.46. The van der Waals surface area contributed by atoms with Gasteiger partial charge in [0, 0.05) is 12.6 Å². The molecular formula is C24H26N2O3. The maximum Gasteiger partial charge on any atom is 0.244 e. The molecule has 3 rings (SSSR count). The average molecular weight is 390 g/mol. The van der Waals surface area contributed by atoms with Crippen molar-refractivity contribution in [2.45, 2.75) is 44.8 Å². The zero-order valence-electron chi connectivity index (χ0n) is 16.5. The van der Waals surface area contributed by atoms with Gasteiger partial charge >= 0.3 is 0 Å². The van der Waals surface area contributed by atoms with Gasteiger partial charge in [-0.25, -0.2) is 0 Å². The maximum atomic E-state index is 12.1. The Hall–Kier alpha value is -3.26. The van der Waals surface area contributed by atoms with Crippen LogP contribution in [-0.4, -0.2) is 18.6 Å². The first-order valence-corrected chi connectivity index (χ1v) is 10.0. The second-order valence-electron chi connectivity index (χ2n) is 7.09. The molecule has 1 amide bonds. The highest BCUT2D eigenvalue weighted by Gasteiger charge is 2.14. The number of ether oxygens (including phenoxy) is 2. The zero-order chi connectivity index (χ0) is 20.3. The van der Waals surface area contributed by atoms with Gasteiger partial charge in [-0.15, -0.1) is 0 Å². The maximum absolute atomic E-state index is 12.1. The molecule has 1 aliphatic carbocycles. The lowest BCUT2D eigenvalue weighted by Gasteiger charge is -2.23. The molecule has 0 aliphatic heterocycles. The van der Waals surface area contributed by atoms with Gasteiger partial charge < -0.3 is 14.8 Å². The highest BCUT2D eigenvalue weighted by Crippen LogP contribution is 2.24. The molecule has 0 heterocycles. The molecular weight excluding hydrogens is 364 g/mol. The normalized spacial score (nSPS) is 14.3. The number of nitrogens with one attached hydrogen (secondary N) is 1. The third-order valence-corrected chi connectivity index (χ3v) is 4.83. The average Bonchev–Trinajstić information content (AvgIpc) is 2.76. The largest absolute Gasteiger partial charge is 0.490 e. The number of hydrogen-bond acceptors (Lipinski definition) is 4. The summed E-state index contributed by atoms with van der Waals surface area (Å²) >= 11 is 0. The van der Waals surface area contributed by atoms with Gasteiger partial charge in [0.15, 0.2) is 6.61 Å². The molecule has 0 aromatic heterocycles. The monoisotopic (exact) mass is 390 g/mol. The van der Waals surface area contributed by atoms with Gasteiger partial charge in [0.25, 0.3) is 0 Å². The number of hydrogen-bond donors (Lipinski definition) is 1. The van der Waals surface area contributed by atoms with Crippen molar-refractivity contribution < 1.29 is 14.3 Å². The molecule has 0 spiro atoms. The van der Waals surface area contributed by atoms with Crippen LogP contribution in [-0.2, 0) is 11.3 Å². The lowest BCUT2D eigenvalue weighted by Crippen LogP contribution is -2.21. The Morgan fingerprint density at radius 3 is 2.66 bits per heavy atom. The van der Waals surface area contributed by atoms with Crippen molar-refractivity contribution in [3.63, 3.8) is 0 Å². The summed E-state index contributed by atoms with van der Waals surface area (Å²) in [5.74, 6) is 1.34. The van der Waals surface area contributed by atoms with Crippen LogP contribution in [0.1, 0.15) is 43.2 Å². The van der Waals surface area contributed by atoms with Crippen LogP contribution in [0.4, 0.5) is 0 Å². The number of nitriles is 1. The van der Waals surface area contributed by atoms with Crippen molar-refractivity contribution in [2.75, 3.05) is 6.61 Å². The third kappa shape index (κ3) is 7.00. The second kappa shape index (κ2) is 10.9. The van der Waals surface area contributed by atoms with Crippen LogP contribution in [0.3, 0.4) is 0 Å². The molecule has 0 atom stereocenters. The first-order valence-electron chi connectivity index (χ1n) is 10.0. The summed E-state index contributed by atoms with van der Waals surface area (Å²) in [6, 6.07) is 17.1. The SMILES string of the molecule is N#CCOc1ccc(/C=C/C(=O)NCc2cccc(OC3CCCCC3)c2)cc1. The number of amides is 1. The first kappa shape index (κ1) is 20.5. The number of carbonyl (C=O) groups excluding carboxylic acids is 1. The number of benzene rings is 2. The summed E-state index contributed by atoms with van der Waals surface area (Å²) in [4.78, 5) is 12.1. The minimum Gasteiger partial charge on any atom is -0.490 e. The number of nitrogens with zero attached hydrogens (tertiary/aromatic N) is 1. The fourth-order valence-corrected chi connectivity index (χ4v) is 3.31. The summed E-state index contributed by atoms with van der Waals surface area (Å²) in [5.41, 5.74) is 1.89. The van der Waals surface area contributed by atoms with Crippen LogP contribution in [0.15, 0.2) is 54.6 Å². The number of carbonyl (C=O) groups is 1. The second-order valence-corrected chi connectivity index (χ2v) is 7.09. The molecule has 1 saturated carbocycles. The fourth-order valence-electron chi connectivity index (χ4n) is 3.31. The molecule has 1 aliphatic rings. The predicted octanol–water partition coefficient (Wildman–Crippen LogP) is 4.63. The smallest absolute Gasteiger partial charge is 0.244 e. The fraction of sp³-hybridized carbons (Fsp3) is 0.333. The van der Waals surface area contributed by atoms with Gasteiger partial charge in [-0.05, 0) is 67.2 Å². The highest BCUT2D eigenvalue weighted by molar-refractivity contribution is 5.91. The molecule has 2 aromatic rings. The highest BCUT2D eigenvalue weighted by atomic mass is 16.5. The molecule has 2 aromatic carbocycles. The van der Waals surface area contributed by atoms with E-state index in [1.807, 2.05) is 42.5 Å². The summed E-state index contributed by atoms with van der Waals surface area (Å²) in [7, 11) is 0. The Labute approximate surface area is 172 Å². The molecule has 0 saturated heterocycles. The van der Waals surface area contributed by atoms with Gasteiger partial charge in [0.1, 0.15) is 17.6 Å². The summed E-state index contributed by atoms with van der Waals surface area (Å²) in [6.07, 6.45) is 9.59. The Bertz CT molecular complexity index is 862. The molecule has 29 heavy (non-hydrogen) atoms. The molecule has 0 bridgehead atoms. The molecule has 0 unspecified atom stereocenters. The van der Waals surface area contributed by atoms with Crippen LogP contribution in [0.25, 0.3) is 6.08 Å². The zero-order valence-corrected chi connectivity index (χ0v) is 16.5. The van der Waals surface area contributed by atoms with Gasteiger partial charge in [-0.3, -0.25) is 4.79 Å². The van der Waals surface area contributed by atoms with Crippen LogP contribution in [0, 0.1) is 11.3 Å². The van der Waals surface area contributed by atoms with E-state index in [-0.39, 0.29) is 12.5 Å². The molecule has 1 fully saturated rings. The van der Waals surface area contributed by atoms with E-state index in [0.717, 1.165) is 29.7 Å². The molecule has 5 heteroatoms. The van der Waals surface area contributed by atoms with E-state index in [1.165, 1.54) is 25.3 Å². The lowest BCUT2D eigenvalue weighted by atomic mass is 9.98. The van der Waals surface area contributed by atoms with Crippen molar-refractivity contribution in [1.29, 1.82) is 5.26 Å². The third-order valence-electron chi connectivity index (χ3n) is 4.83. The van der Waals surface area contributed by atoms with Crippen molar-refractivity contribution in [2.24, 2.45) is 0 Å². The first-order chi connectivity index (χ1) is 14.2. The quantitative estimate of drug-likeness (QED) is 0.667. The molecule has 0 radical (unpaired) electrons. The van der Waals surface area contributed by atoms with E-state index in [2.05, 4.69) is 5.32 Å². The van der Waals surface area contributed by atoms with Gasteiger partial charge in [0.2, 0.25) is 5.91 Å². The lowest BCUT2D eigenvalue weighted by molar-refractivity contribution is -0.116. The van der Waals surface area contributed by atoms with E-state index in [9.17, 15) is 4.79 Å². The van der Waals surface area contributed by atoms with E-state index >= 15 is 0 Å². The van der Waals surface area contributed by atoms with E-state index in [4.69, 9.17) is 14.7 Å². The van der Waals surface area contributed by atoms with Crippen LogP contribution < -0.4 is 14.8 Å². The van der Waals surface area contributed by atoms with Gasteiger partial charge in [-0.2, -0.15) is 5.26 Å². The van der Waals surface area contributed by atoms with Crippen molar-refractivity contribution in [3.05, 3.63) is 65.7 Å². The van der Waals surface area contributed by atoms with E-state index < -0.39 is 0 Å². The summed E-state index contributed by atoms with van der Waals surface area (Å²) < 4.78 is 11.3. The molecule has 1 N–H and O–H groups in total. The Kier molecular flexibility index (Phi) is 7.71. The van der Waals surface area contributed by atoms with Crippen molar-refractivity contribution in [1.82, 2.24) is 5.32 Å². The minimum atomic E-state index is -0.159. The Morgan fingerprint density at radius 1 is 1.10 bits per heavy atom.